The highest BCUT2D eigenvalue weighted by molar-refractivity contribution is 5.76. The lowest BCUT2D eigenvalue weighted by atomic mass is 9.93. The number of aliphatic hydroxyl groups is 1. The number of rotatable bonds is 5. The number of aliphatic hydroxyl groups excluding tert-OH is 1. The summed E-state index contributed by atoms with van der Waals surface area (Å²) >= 11 is 0. The van der Waals surface area contributed by atoms with Crippen molar-refractivity contribution in [1.82, 2.24) is 19.5 Å². The summed E-state index contributed by atoms with van der Waals surface area (Å²) in [6.07, 6.45) is 2.87. The number of halogens is 3. The van der Waals surface area contributed by atoms with Gasteiger partial charge in [0.15, 0.2) is 17.3 Å². The molecule has 0 bridgehead atoms. The van der Waals surface area contributed by atoms with Crippen molar-refractivity contribution in [3.8, 4) is 0 Å². The van der Waals surface area contributed by atoms with E-state index in [1.807, 2.05) is 0 Å². The van der Waals surface area contributed by atoms with Gasteiger partial charge in [-0.1, -0.05) is 0 Å². The Kier molecular flexibility index (Phi) is 4.98. The largest absolute Gasteiger partial charge is 0.393 e. The van der Waals surface area contributed by atoms with Crippen molar-refractivity contribution in [2.45, 2.75) is 50.2 Å². The smallest absolute Gasteiger partial charge is 0.224 e. The summed E-state index contributed by atoms with van der Waals surface area (Å²) in [6, 6.07) is -0.570. The molecule has 1 aromatic carbocycles. The molecule has 1 aliphatic heterocycles. The monoisotopic (exact) mass is 450 g/mol. The standard InChI is InChI=1S/C21H23F3N6O2/c22-11-7-15(23)18(16(24)8-11)28-21-27-17-9-25-20(26-12-1-3-14(31)4-2-12)29-19(17)30(21)13-5-6-32-10-13/h7-9,12-14,31H,1-6,10H2,(H,27,28)(H,25,26,29)/i5D,13D. The molecule has 2 atom stereocenters. The van der Waals surface area contributed by atoms with Gasteiger partial charge in [-0.15, -0.1) is 0 Å². The SMILES string of the molecule is [2H]C1COCC1([2H])n1c(Nc2c(F)cc(F)cc2F)nc2cnc(NC3CCC(O)CC3)nc21. The van der Waals surface area contributed by atoms with Crippen LogP contribution in [0.25, 0.3) is 11.2 Å². The van der Waals surface area contributed by atoms with Gasteiger partial charge in [0, 0.05) is 26.2 Å². The van der Waals surface area contributed by atoms with Crippen molar-refractivity contribution in [2.24, 2.45) is 0 Å². The number of anilines is 3. The van der Waals surface area contributed by atoms with Crippen LogP contribution >= 0.6 is 0 Å². The average molecular weight is 450 g/mol. The van der Waals surface area contributed by atoms with Gasteiger partial charge in [0.25, 0.3) is 0 Å². The first-order valence-corrected chi connectivity index (χ1v) is 10.4. The zero-order valence-electron chi connectivity index (χ0n) is 19.0. The van der Waals surface area contributed by atoms with Crippen LogP contribution < -0.4 is 10.6 Å². The fourth-order valence-electron chi connectivity index (χ4n) is 4.01. The molecule has 2 aromatic heterocycles. The van der Waals surface area contributed by atoms with E-state index in [0.29, 0.717) is 25.0 Å². The highest BCUT2D eigenvalue weighted by Crippen LogP contribution is 2.32. The molecular formula is C21H23F3N6O2. The van der Waals surface area contributed by atoms with E-state index in [0.717, 1.165) is 12.8 Å². The van der Waals surface area contributed by atoms with E-state index in [1.165, 1.54) is 10.8 Å². The molecular weight excluding hydrogens is 425 g/mol. The molecule has 2 aliphatic rings. The van der Waals surface area contributed by atoms with Gasteiger partial charge in [0.1, 0.15) is 17.0 Å². The van der Waals surface area contributed by atoms with Crippen LogP contribution in [0.5, 0.6) is 0 Å². The van der Waals surface area contributed by atoms with Crippen molar-refractivity contribution in [3.63, 3.8) is 0 Å². The van der Waals surface area contributed by atoms with E-state index < -0.39 is 35.6 Å². The predicted octanol–water partition coefficient (Wildman–Crippen LogP) is 3.66. The Bertz CT molecular complexity index is 1200. The van der Waals surface area contributed by atoms with Crippen molar-refractivity contribution in [1.29, 1.82) is 0 Å². The summed E-state index contributed by atoms with van der Waals surface area (Å²) in [6.45, 7) is -0.175. The van der Waals surface area contributed by atoms with Gasteiger partial charge in [-0.05, 0) is 32.1 Å². The molecule has 2 unspecified atom stereocenters. The molecule has 11 heteroatoms. The van der Waals surface area contributed by atoms with Gasteiger partial charge in [-0.2, -0.15) is 4.98 Å². The van der Waals surface area contributed by atoms with Crippen LogP contribution in [0.15, 0.2) is 18.3 Å². The topological polar surface area (TPSA) is 97.1 Å². The van der Waals surface area contributed by atoms with Crippen LogP contribution in [-0.2, 0) is 4.74 Å². The van der Waals surface area contributed by atoms with Crippen molar-refractivity contribution in [2.75, 3.05) is 23.8 Å². The number of fused-ring (bicyclic) bond motifs is 1. The Morgan fingerprint density at radius 1 is 1.16 bits per heavy atom. The Labute approximate surface area is 184 Å². The summed E-state index contributed by atoms with van der Waals surface area (Å²) in [5, 5.41) is 15.5. The van der Waals surface area contributed by atoms with Gasteiger partial charge in [-0.25, -0.2) is 23.1 Å². The Hall–Kier alpha value is -2.92. The highest BCUT2D eigenvalue weighted by Gasteiger charge is 2.27. The normalized spacial score (nSPS) is 29.1. The molecule has 1 saturated heterocycles. The second-order valence-corrected chi connectivity index (χ2v) is 7.90. The average Bonchev–Trinajstić information content (AvgIpc) is 3.32. The van der Waals surface area contributed by atoms with E-state index in [2.05, 4.69) is 25.6 Å². The van der Waals surface area contributed by atoms with E-state index >= 15 is 0 Å². The molecule has 32 heavy (non-hydrogen) atoms. The number of imidazole rings is 1. The van der Waals surface area contributed by atoms with Crippen molar-refractivity contribution in [3.05, 3.63) is 35.8 Å². The van der Waals surface area contributed by atoms with E-state index in [9.17, 15) is 18.3 Å². The molecule has 0 amide bonds. The zero-order chi connectivity index (χ0) is 24.0. The lowest BCUT2D eigenvalue weighted by molar-refractivity contribution is 0.126. The third-order valence-corrected chi connectivity index (χ3v) is 5.65. The number of nitrogens with one attached hydrogen (secondary N) is 2. The van der Waals surface area contributed by atoms with Crippen LogP contribution in [-0.4, -0.2) is 50.0 Å². The van der Waals surface area contributed by atoms with Gasteiger partial charge < -0.3 is 20.5 Å². The minimum Gasteiger partial charge on any atom is -0.393 e. The van der Waals surface area contributed by atoms with Crippen molar-refractivity contribution < 1.29 is 25.8 Å². The minimum absolute atomic E-state index is 0.0114. The molecule has 170 valence electrons. The zero-order valence-corrected chi connectivity index (χ0v) is 17.0. The predicted molar refractivity (Wildman–Crippen MR) is 111 cm³/mol. The van der Waals surface area contributed by atoms with Gasteiger partial charge >= 0.3 is 0 Å². The summed E-state index contributed by atoms with van der Waals surface area (Å²) in [5.41, 5.74) is -0.230. The fraction of sp³-hybridized carbons (Fsp3) is 0.476. The third kappa shape index (κ3) is 4.09. The minimum atomic E-state index is -1.69. The molecule has 3 heterocycles. The van der Waals surface area contributed by atoms with Gasteiger partial charge in [0.05, 0.1) is 26.3 Å². The lowest BCUT2D eigenvalue weighted by Crippen LogP contribution is -2.29. The number of ether oxygens (including phenoxy) is 1. The fourth-order valence-corrected chi connectivity index (χ4v) is 4.01. The maximum atomic E-state index is 14.3. The highest BCUT2D eigenvalue weighted by atomic mass is 19.1. The number of aromatic nitrogens is 4. The quantitative estimate of drug-likeness (QED) is 0.546. The summed E-state index contributed by atoms with van der Waals surface area (Å²) in [5.74, 6) is -3.30. The van der Waals surface area contributed by atoms with E-state index in [-0.39, 0.29) is 48.4 Å². The van der Waals surface area contributed by atoms with Crippen LogP contribution in [0.1, 0.15) is 40.8 Å². The van der Waals surface area contributed by atoms with E-state index in [4.69, 9.17) is 7.48 Å². The van der Waals surface area contributed by atoms with Crippen LogP contribution in [0.3, 0.4) is 0 Å². The Morgan fingerprint density at radius 2 is 1.91 bits per heavy atom. The second-order valence-electron chi connectivity index (χ2n) is 7.90. The molecule has 8 nitrogen and oxygen atoms in total. The molecule has 1 aliphatic carbocycles. The van der Waals surface area contributed by atoms with Crippen LogP contribution in [0.4, 0.5) is 30.8 Å². The Morgan fingerprint density at radius 3 is 2.59 bits per heavy atom. The lowest BCUT2D eigenvalue weighted by Gasteiger charge is -2.26. The Balaban J connectivity index is 1.57. The molecule has 3 N–H and O–H groups in total. The summed E-state index contributed by atoms with van der Waals surface area (Å²) in [7, 11) is 0. The summed E-state index contributed by atoms with van der Waals surface area (Å²) in [4.78, 5) is 13.1. The molecule has 0 radical (unpaired) electrons. The van der Waals surface area contributed by atoms with Crippen molar-refractivity contribution >= 4 is 28.7 Å². The van der Waals surface area contributed by atoms with Crippen LogP contribution in [0.2, 0.25) is 0 Å². The molecule has 3 aromatic rings. The first-order valence-electron chi connectivity index (χ1n) is 11.4. The summed E-state index contributed by atoms with van der Waals surface area (Å²) < 4.78 is 65.9. The van der Waals surface area contributed by atoms with E-state index in [1.54, 1.807) is 0 Å². The maximum Gasteiger partial charge on any atom is 0.224 e. The number of hydrogen-bond donors (Lipinski definition) is 3. The number of benzene rings is 1. The first kappa shape index (κ1) is 18.6. The second kappa shape index (κ2) is 8.55. The third-order valence-electron chi connectivity index (χ3n) is 5.65. The maximum absolute atomic E-state index is 14.3. The van der Waals surface area contributed by atoms with Gasteiger partial charge in [0.2, 0.25) is 11.9 Å². The molecule has 2 fully saturated rings. The van der Waals surface area contributed by atoms with Gasteiger partial charge in [-0.3, -0.25) is 4.57 Å². The molecule has 5 rings (SSSR count). The molecule has 1 saturated carbocycles. The number of nitrogens with zero attached hydrogens (tertiary/aromatic N) is 4. The number of hydrogen-bond acceptors (Lipinski definition) is 7. The first-order chi connectivity index (χ1) is 16.2. The molecule has 0 spiro atoms. The van der Waals surface area contributed by atoms with Crippen LogP contribution in [0, 0.1) is 17.5 Å².